The number of benzene rings is 1. The number of anilines is 1. The number of hydrogen-bond donors (Lipinski definition) is 1. The van der Waals surface area contributed by atoms with E-state index in [4.69, 9.17) is 5.26 Å². The van der Waals surface area contributed by atoms with E-state index >= 15 is 0 Å². The van der Waals surface area contributed by atoms with E-state index in [9.17, 15) is 9.59 Å². The Balaban J connectivity index is 1.66. The number of amides is 1. The molecule has 0 unspecified atom stereocenters. The first-order valence-corrected chi connectivity index (χ1v) is 9.60. The average molecular weight is 385 g/mol. The molecule has 0 atom stereocenters. The van der Waals surface area contributed by atoms with Gasteiger partial charge in [-0.3, -0.25) is 14.3 Å². The van der Waals surface area contributed by atoms with Crippen LogP contribution in [0.3, 0.4) is 0 Å². The highest BCUT2D eigenvalue weighted by Gasteiger charge is 2.12. The van der Waals surface area contributed by atoms with Crippen molar-refractivity contribution in [2.45, 2.75) is 24.1 Å². The van der Waals surface area contributed by atoms with Crippen molar-refractivity contribution in [2.24, 2.45) is 0 Å². The van der Waals surface area contributed by atoms with Crippen molar-refractivity contribution in [3.8, 4) is 6.07 Å². The molecule has 7 nitrogen and oxygen atoms in total. The zero-order valence-corrected chi connectivity index (χ0v) is 15.6. The first kappa shape index (κ1) is 18.1. The molecule has 0 spiro atoms. The van der Waals surface area contributed by atoms with Gasteiger partial charge >= 0.3 is 0 Å². The van der Waals surface area contributed by atoms with Crippen LogP contribution in [0.5, 0.6) is 0 Å². The highest BCUT2D eigenvalue weighted by atomic mass is 32.2. The van der Waals surface area contributed by atoms with Crippen molar-refractivity contribution < 1.29 is 4.79 Å². The molecule has 0 aliphatic rings. The summed E-state index contributed by atoms with van der Waals surface area (Å²) in [7, 11) is 0. The second kappa shape index (κ2) is 8.12. The number of fused-ring (bicyclic) bond motifs is 1. The van der Waals surface area contributed by atoms with Gasteiger partial charge in [-0.15, -0.1) is 0 Å². The van der Waals surface area contributed by atoms with Gasteiger partial charge in [0.15, 0.2) is 5.13 Å². The Labute approximate surface area is 157 Å². The smallest absolute Gasteiger partial charge is 0.228 e. The van der Waals surface area contributed by atoms with Crippen LogP contribution < -0.4 is 10.7 Å². The van der Waals surface area contributed by atoms with Crippen molar-refractivity contribution in [1.29, 1.82) is 5.26 Å². The Kier molecular flexibility index (Phi) is 5.65. The summed E-state index contributed by atoms with van der Waals surface area (Å²) in [4.78, 5) is 28.4. The lowest BCUT2D eigenvalue weighted by atomic mass is 10.2. The van der Waals surface area contributed by atoms with E-state index < -0.39 is 0 Å². The van der Waals surface area contributed by atoms with E-state index in [1.807, 2.05) is 19.1 Å². The number of nitrogens with one attached hydrogen (secondary N) is 1. The zero-order valence-electron chi connectivity index (χ0n) is 13.9. The van der Waals surface area contributed by atoms with Crippen molar-refractivity contribution in [3.05, 3.63) is 46.4 Å². The Morgan fingerprint density at radius 2 is 2.23 bits per heavy atom. The number of hydrogen-bond acceptors (Lipinski definition) is 7. The number of para-hydroxylation sites is 1. The molecule has 1 amide bonds. The lowest BCUT2D eigenvalue weighted by molar-refractivity contribution is -0.116. The topological polar surface area (TPSA) is 101 Å². The molecule has 0 radical (unpaired) electrons. The van der Waals surface area contributed by atoms with Gasteiger partial charge in [-0.2, -0.15) is 10.4 Å². The molecule has 3 aromatic rings. The van der Waals surface area contributed by atoms with Crippen LogP contribution in [0.1, 0.15) is 12.1 Å². The third kappa shape index (κ3) is 4.09. The van der Waals surface area contributed by atoms with Gasteiger partial charge in [0.05, 0.1) is 40.0 Å². The fourth-order valence-electron chi connectivity index (χ4n) is 2.40. The normalized spacial score (nSPS) is 10.6. The molecule has 0 aliphatic carbocycles. The van der Waals surface area contributed by atoms with E-state index in [0.717, 1.165) is 9.90 Å². The number of nitriles is 1. The van der Waals surface area contributed by atoms with Crippen molar-refractivity contribution in [3.63, 3.8) is 0 Å². The number of aromatic nitrogens is 3. The minimum absolute atomic E-state index is 0.137. The Morgan fingerprint density at radius 3 is 3.04 bits per heavy atom. The fraction of sp³-hybridized carbons (Fsp3) is 0.235. The highest BCUT2D eigenvalue weighted by Crippen LogP contribution is 2.31. The minimum atomic E-state index is -0.180. The molecule has 0 fully saturated rings. The average Bonchev–Trinajstić information content (AvgIpc) is 2.98. The van der Waals surface area contributed by atoms with Crippen molar-refractivity contribution >= 4 is 45.0 Å². The molecule has 0 saturated carbocycles. The molecular formula is C17H15N5O2S2. The maximum atomic E-state index is 12.2. The zero-order chi connectivity index (χ0) is 18.5. The number of thiazole rings is 1. The van der Waals surface area contributed by atoms with Crippen LogP contribution in [0.2, 0.25) is 0 Å². The third-order valence-electron chi connectivity index (χ3n) is 3.58. The maximum absolute atomic E-state index is 12.2. The lowest BCUT2D eigenvalue weighted by Gasteiger charge is -2.08. The van der Waals surface area contributed by atoms with Crippen LogP contribution in [0.4, 0.5) is 5.13 Å². The lowest BCUT2D eigenvalue weighted by Crippen LogP contribution is -2.17. The van der Waals surface area contributed by atoms with Crippen LogP contribution in [0, 0.1) is 18.3 Å². The molecule has 1 aromatic carbocycles. The summed E-state index contributed by atoms with van der Waals surface area (Å²) in [5.41, 5.74) is 1.37. The van der Waals surface area contributed by atoms with E-state index in [-0.39, 0.29) is 17.8 Å². The van der Waals surface area contributed by atoms with Gasteiger partial charge in [-0.25, -0.2) is 4.98 Å². The van der Waals surface area contributed by atoms with E-state index in [2.05, 4.69) is 21.5 Å². The number of thioether (sulfide) groups is 1. The number of carbonyl (C=O) groups is 1. The minimum Gasteiger partial charge on any atom is -0.302 e. The second-order valence-corrected chi connectivity index (χ2v) is 7.63. The summed E-state index contributed by atoms with van der Waals surface area (Å²) in [5, 5.41) is 16.7. The molecule has 2 heterocycles. The molecule has 1 N–H and O–H groups in total. The van der Waals surface area contributed by atoms with Crippen molar-refractivity contribution in [1.82, 2.24) is 14.8 Å². The Bertz CT molecular complexity index is 1050. The highest BCUT2D eigenvalue weighted by molar-refractivity contribution is 8.01. The van der Waals surface area contributed by atoms with Crippen LogP contribution in [0.25, 0.3) is 10.9 Å². The molecule has 26 heavy (non-hydrogen) atoms. The van der Waals surface area contributed by atoms with Gasteiger partial charge in [0, 0.05) is 11.8 Å². The standard InChI is InChI=1S/C17H15N5O2S2/c1-11-16(25-9-7-18)26-17(20-11)21-15(24)6-8-22-13-5-3-2-4-12(13)14(23)10-19-22/h2-5,10H,6,8-9H2,1H3,(H,20,21,24). The molecule has 0 bridgehead atoms. The largest absolute Gasteiger partial charge is 0.302 e. The summed E-state index contributed by atoms with van der Waals surface area (Å²) in [6.07, 6.45) is 1.47. The van der Waals surface area contributed by atoms with E-state index in [1.54, 1.807) is 16.8 Å². The van der Waals surface area contributed by atoms with Gasteiger partial charge < -0.3 is 5.32 Å². The van der Waals surface area contributed by atoms with Crippen LogP contribution in [-0.2, 0) is 11.3 Å². The molecule has 2 aromatic heterocycles. The predicted molar refractivity (Wildman–Crippen MR) is 102 cm³/mol. The van der Waals surface area contributed by atoms with Gasteiger partial charge in [0.25, 0.3) is 0 Å². The van der Waals surface area contributed by atoms with Gasteiger partial charge in [-0.05, 0) is 19.1 Å². The molecule has 132 valence electrons. The van der Waals surface area contributed by atoms with E-state index in [0.29, 0.717) is 28.3 Å². The number of carbonyl (C=O) groups excluding carboxylic acids is 1. The van der Waals surface area contributed by atoms with Crippen LogP contribution >= 0.6 is 23.1 Å². The fourth-order valence-corrected chi connectivity index (χ4v) is 4.21. The SMILES string of the molecule is Cc1nc(NC(=O)CCn2ncc(=O)c3ccccc32)sc1SCC#N. The predicted octanol–water partition coefficient (Wildman–Crippen LogP) is 2.81. The quantitative estimate of drug-likeness (QED) is 0.655. The van der Waals surface area contributed by atoms with Gasteiger partial charge in [-0.1, -0.05) is 35.2 Å². The monoisotopic (exact) mass is 385 g/mol. The summed E-state index contributed by atoms with van der Waals surface area (Å²) < 4.78 is 2.58. The first-order chi connectivity index (χ1) is 12.6. The molecule has 3 rings (SSSR count). The van der Waals surface area contributed by atoms with Crippen LogP contribution in [-0.4, -0.2) is 26.4 Å². The summed E-state index contributed by atoms with van der Waals surface area (Å²) >= 11 is 2.77. The second-order valence-electron chi connectivity index (χ2n) is 5.39. The summed E-state index contributed by atoms with van der Waals surface area (Å²) in [6.45, 7) is 2.20. The third-order valence-corrected chi connectivity index (χ3v) is 5.88. The van der Waals surface area contributed by atoms with E-state index in [1.165, 1.54) is 29.3 Å². The number of aryl methyl sites for hydroxylation is 2. The van der Waals surface area contributed by atoms with Gasteiger partial charge in [0.1, 0.15) is 0 Å². The molecule has 0 saturated heterocycles. The molecular weight excluding hydrogens is 370 g/mol. The van der Waals surface area contributed by atoms with Crippen molar-refractivity contribution in [2.75, 3.05) is 11.1 Å². The van der Waals surface area contributed by atoms with Gasteiger partial charge in [0.2, 0.25) is 11.3 Å². The maximum Gasteiger partial charge on any atom is 0.228 e. The first-order valence-electron chi connectivity index (χ1n) is 7.80. The van der Waals surface area contributed by atoms with Crippen LogP contribution in [0.15, 0.2) is 39.5 Å². The summed E-state index contributed by atoms with van der Waals surface area (Å²) in [5.74, 6) is 0.168. The Morgan fingerprint density at radius 1 is 1.42 bits per heavy atom. The number of rotatable bonds is 6. The molecule has 0 aliphatic heterocycles. The molecule has 9 heteroatoms. The Hall–Kier alpha value is -2.70. The number of nitrogens with zero attached hydrogens (tertiary/aromatic N) is 4. The summed E-state index contributed by atoms with van der Waals surface area (Å²) in [6, 6.07) is 9.26.